The summed E-state index contributed by atoms with van der Waals surface area (Å²) in [6, 6.07) is 4.59. The maximum atomic E-state index is 5.57. The molecule has 18 heavy (non-hydrogen) atoms. The minimum absolute atomic E-state index is 0.312. The minimum Gasteiger partial charge on any atom is -0.466 e. The van der Waals surface area contributed by atoms with Gasteiger partial charge in [0.15, 0.2) is 0 Å². The number of hydrogen-bond acceptors (Lipinski definition) is 2. The molecule has 2 heterocycles. The largest absolute Gasteiger partial charge is 0.466 e. The van der Waals surface area contributed by atoms with Gasteiger partial charge in [0, 0.05) is 37.1 Å². The average Bonchev–Trinajstić information content (AvgIpc) is 2.92. The third-order valence-electron chi connectivity index (χ3n) is 3.34. The lowest BCUT2D eigenvalue weighted by atomic mass is 10.1. The number of rotatable bonds is 5. The molecule has 0 radical (unpaired) electrons. The number of nitrogens with one attached hydrogen (secondary N) is 1. The molecule has 1 N–H and O–H groups in total. The Morgan fingerprint density at radius 2 is 2.17 bits per heavy atom. The molecule has 2 aromatic rings. The molecule has 1 unspecified atom stereocenters. The first-order valence-electron chi connectivity index (χ1n) is 6.55. The van der Waals surface area contributed by atoms with Gasteiger partial charge in [0.2, 0.25) is 0 Å². The van der Waals surface area contributed by atoms with Crippen LogP contribution in [0, 0.1) is 13.8 Å². The summed E-state index contributed by atoms with van der Waals surface area (Å²) in [5, 5.41) is 3.53. The highest BCUT2D eigenvalue weighted by Gasteiger charge is 2.12. The lowest BCUT2D eigenvalue weighted by Gasteiger charge is -2.12. The second-order valence-corrected chi connectivity index (χ2v) is 4.82. The van der Waals surface area contributed by atoms with E-state index in [1.54, 1.807) is 0 Å². The fraction of sp³-hybridized carbons (Fsp3) is 0.467. The van der Waals surface area contributed by atoms with Crippen LogP contribution in [-0.2, 0) is 13.1 Å². The van der Waals surface area contributed by atoms with Crippen molar-refractivity contribution < 1.29 is 4.42 Å². The monoisotopic (exact) mass is 246 g/mol. The van der Waals surface area contributed by atoms with E-state index in [1.807, 2.05) is 13.8 Å². The number of furan rings is 1. The molecule has 0 aliphatic carbocycles. The van der Waals surface area contributed by atoms with Crippen LogP contribution in [0.4, 0.5) is 0 Å². The molecule has 0 aliphatic heterocycles. The van der Waals surface area contributed by atoms with Crippen LogP contribution in [0.5, 0.6) is 0 Å². The van der Waals surface area contributed by atoms with Gasteiger partial charge in [0.1, 0.15) is 11.5 Å². The lowest BCUT2D eigenvalue weighted by Crippen LogP contribution is -2.18. The summed E-state index contributed by atoms with van der Waals surface area (Å²) < 4.78 is 7.75. The number of nitrogens with zero attached hydrogens (tertiary/aromatic N) is 1. The van der Waals surface area contributed by atoms with Gasteiger partial charge in [-0.25, -0.2) is 0 Å². The Bertz CT molecular complexity index is 510. The Morgan fingerprint density at radius 1 is 1.39 bits per heavy atom. The van der Waals surface area contributed by atoms with Crippen molar-refractivity contribution in [1.82, 2.24) is 9.88 Å². The smallest absolute Gasteiger partial charge is 0.105 e. The summed E-state index contributed by atoms with van der Waals surface area (Å²) in [5.41, 5.74) is 2.57. The van der Waals surface area contributed by atoms with Crippen molar-refractivity contribution in [2.75, 3.05) is 0 Å². The zero-order valence-corrected chi connectivity index (χ0v) is 11.7. The Kier molecular flexibility index (Phi) is 3.92. The van der Waals surface area contributed by atoms with E-state index in [9.17, 15) is 0 Å². The third kappa shape index (κ3) is 2.85. The molecule has 2 rings (SSSR count). The first kappa shape index (κ1) is 13.0. The van der Waals surface area contributed by atoms with Gasteiger partial charge >= 0.3 is 0 Å². The summed E-state index contributed by atoms with van der Waals surface area (Å²) >= 11 is 0. The quantitative estimate of drug-likeness (QED) is 0.874. The molecule has 3 nitrogen and oxygen atoms in total. The van der Waals surface area contributed by atoms with Gasteiger partial charge in [0.25, 0.3) is 0 Å². The van der Waals surface area contributed by atoms with Gasteiger partial charge in [0.05, 0.1) is 0 Å². The molecule has 0 bridgehead atoms. The normalized spacial score (nSPS) is 12.9. The molecule has 2 aromatic heterocycles. The molecular formula is C15H22N2O. The Balaban J connectivity index is 1.95. The molecule has 98 valence electrons. The first-order valence-corrected chi connectivity index (χ1v) is 6.55. The Morgan fingerprint density at radius 3 is 2.72 bits per heavy atom. The first-order chi connectivity index (χ1) is 8.60. The van der Waals surface area contributed by atoms with Crippen molar-refractivity contribution in [2.45, 2.75) is 46.8 Å². The summed E-state index contributed by atoms with van der Waals surface area (Å²) in [5.74, 6) is 1.99. The molecular weight excluding hydrogens is 224 g/mol. The van der Waals surface area contributed by atoms with Crippen LogP contribution in [-0.4, -0.2) is 4.57 Å². The van der Waals surface area contributed by atoms with Crippen molar-refractivity contribution in [3.8, 4) is 0 Å². The van der Waals surface area contributed by atoms with Crippen molar-refractivity contribution in [2.24, 2.45) is 0 Å². The van der Waals surface area contributed by atoms with Crippen molar-refractivity contribution >= 4 is 0 Å². The molecule has 0 aromatic carbocycles. The van der Waals surface area contributed by atoms with Gasteiger partial charge in [-0.3, -0.25) is 0 Å². The minimum atomic E-state index is 0.312. The molecule has 3 heteroatoms. The topological polar surface area (TPSA) is 30.1 Å². The van der Waals surface area contributed by atoms with Crippen LogP contribution in [0.3, 0.4) is 0 Å². The van der Waals surface area contributed by atoms with Crippen LogP contribution in [0.2, 0.25) is 0 Å². The molecule has 0 saturated heterocycles. The SMILES string of the molecule is CCn1ccc(CNC(C)c2cc(C)oc2C)c1. The summed E-state index contributed by atoms with van der Waals surface area (Å²) in [7, 11) is 0. The van der Waals surface area contributed by atoms with E-state index < -0.39 is 0 Å². The second-order valence-electron chi connectivity index (χ2n) is 4.82. The van der Waals surface area contributed by atoms with E-state index in [-0.39, 0.29) is 0 Å². The van der Waals surface area contributed by atoms with Crippen LogP contribution in [0.1, 0.15) is 42.5 Å². The van der Waals surface area contributed by atoms with Crippen LogP contribution < -0.4 is 5.32 Å². The maximum Gasteiger partial charge on any atom is 0.105 e. The van der Waals surface area contributed by atoms with Gasteiger partial charge < -0.3 is 14.3 Å². The van der Waals surface area contributed by atoms with Crippen LogP contribution in [0.25, 0.3) is 0 Å². The highest BCUT2D eigenvalue weighted by atomic mass is 16.3. The van der Waals surface area contributed by atoms with Crippen molar-refractivity contribution in [3.05, 3.63) is 47.2 Å². The zero-order valence-electron chi connectivity index (χ0n) is 11.7. The second kappa shape index (κ2) is 5.44. The van der Waals surface area contributed by atoms with E-state index in [0.29, 0.717) is 6.04 Å². The van der Waals surface area contributed by atoms with Crippen molar-refractivity contribution in [3.63, 3.8) is 0 Å². The van der Waals surface area contributed by atoms with Gasteiger partial charge in [-0.2, -0.15) is 0 Å². The van der Waals surface area contributed by atoms with E-state index in [2.05, 4.69) is 48.3 Å². The zero-order chi connectivity index (χ0) is 13.1. The van der Waals surface area contributed by atoms with Gasteiger partial charge in [-0.1, -0.05) is 0 Å². The summed E-state index contributed by atoms with van der Waals surface area (Å²) in [6.07, 6.45) is 4.31. The number of aromatic nitrogens is 1. The number of hydrogen-bond donors (Lipinski definition) is 1. The Labute approximate surface area is 109 Å². The lowest BCUT2D eigenvalue weighted by molar-refractivity contribution is 0.489. The van der Waals surface area contributed by atoms with Gasteiger partial charge in [-0.15, -0.1) is 0 Å². The average molecular weight is 246 g/mol. The predicted octanol–water partition coefficient (Wildman–Crippen LogP) is 3.57. The van der Waals surface area contributed by atoms with E-state index in [4.69, 9.17) is 4.42 Å². The molecule has 1 atom stereocenters. The standard InChI is InChI=1S/C15H22N2O/c1-5-17-7-6-14(10-17)9-16-12(3)15-8-11(2)18-13(15)4/h6-8,10,12,16H,5,9H2,1-4H3. The Hall–Kier alpha value is -1.48. The molecule has 0 amide bonds. The summed E-state index contributed by atoms with van der Waals surface area (Å²) in [4.78, 5) is 0. The molecule has 0 spiro atoms. The van der Waals surface area contributed by atoms with Crippen LogP contribution >= 0.6 is 0 Å². The van der Waals surface area contributed by atoms with Crippen LogP contribution in [0.15, 0.2) is 28.9 Å². The summed E-state index contributed by atoms with van der Waals surface area (Å²) in [6.45, 7) is 10.2. The highest BCUT2D eigenvalue weighted by molar-refractivity contribution is 5.23. The predicted molar refractivity (Wildman–Crippen MR) is 73.5 cm³/mol. The maximum absolute atomic E-state index is 5.57. The molecule has 0 fully saturated rings. The number of aryl methyl sites for hydroxylation is 3. The van der Waals surface area contributed by atoms with E-state index >= 15 is 0 Å². The van der Waals surface area contributed by atoms with Crippen molar-refractivity contribution in [1.29, 1.82) is 0 Å². The fourth-order valence-electron chi connectivity index (χ4n) is 2.25. The van der Waals surface area contributed by atoms with Gasteiger partial charge in [-0.05, 0) is 45.4 Å². The highest BCUT2D eigenvalue weighted by Crippen LogP contribution is 2.21. The fourth-order valence-corrected chi connectivity index (χ4v) is 2.25. The van der Waals surface area contributed by atoms with E-state index in [1.165, 1.54) is 11.1 Å². The van der Waals surface area contributed by atoms with E-state index in [0.717, 1.165) is 24.6 Å². The molecule has 0 saturated carbocycles. The third-order valence-corrected chi connectivity index (χ3v) is 3.34. The molecule has 0 aliphatic rings.